The van der Waals surface area contributed by atoms with Gasteiger partial charge in [0, 0.05) is 56.5 Å². The Hall–Kier alpha value is -1.92. The smallest absolute Gasteiger partial charge is 0.253 e. The summed E-state index contributed by atoms with van der Waals surface area (Å²) in [6, 6.07) is 7.27. The summed E-state index contributed by atoms with van der Waals surface area (Å²) in [5.74, 6) is 1.00. The Morgan fingerprint density at radius 2 is 1.77 bits per heavy atom. The number of ether oxygens (including phenoxy) is 1. The third-order valence-corrected chi connectivity index (χ3v) is 5.55. The van der Waals surface area contributed by atoms with Gasteiger partial charge < -0.3 is 15.0 Å². The van der Waals surface area contributed by atoms with Gasteiger partial charge in [0.05, 0.1) is 6.61 Å². The van der Waals surface area contributed by atoms with E-state index in [0.29, 0.717) is 11.5 Å². The summed E-state index contributed by atoms with van der Waals surface area (Å²) in [6.07, 6.45) is 3.13. The van der Waals surface area contributed by atoms with E-state index in [0.717, 1.165) is 70.9 Å². The van der Waals surface area contributed by atoms with E-state index >= 15 is 0 Å². The molecule has 1 N–H and O–H groups in total. The van der Waals surface area contributed by atoms with Crippen LogP contribution >= 0.6 is 0 Å². The molecule has 1 aromatic carbocycles. The van der Waals surface area contributed by atoms with E-state index in [1.807, 2.05) is 29.2 Å². The van der Waals surface area contributed by atoms with E-state index < -0.39 is 0 Å². The third-order valence-electron chi connectivity index (χ3n) is 5.55. The Labute approximate surface area is 154 Å². The van der Waals surface area contributed by atoms with Gasteiger partial charge in [-0.3, -0.25) is 14.5 Å². The summed E-state index contributed by atoms with van der Waals surface area (Å²) in [6.45, 7) is 6.25. The van der Waals surface area contributed by atoms with Crippen molar-refractivity contribution in [1.29, 1.82) is 0 Å². The second-order valence-corrected chi connectivity index (χ2v) is 7.66. The lowest BCUT2D eigenvalue weighted by atomic mass is 10.1. The van der Waals surface area contributed by atoms with Gasteiger partial charge in [-0.2, -0.15) is 0 Å². The molecule has 0 unspecified atom stereocenters. The van der Waals surface area contributed by atoms with E-state index in [1.165, 1.54) is 0 Å². The summed E-state index contributed by atoms with van der Waals surface area (Å²) in [4.78, 5) is 28.9. The fourth-order valence-corrected chi connectivity index (χ4v) is 3.69. The summed E-state index contributed by atoms with van der Waals surface area (Å²) < 4.78 is 5.45. The summed E-state index contributed by atoms with van der Waals surface area (Å²) in [5.41, 5.74) is 1.45. The lowest BCUT2D eigenvalue weighted by molar-refractivity contribution is -0.117. The maximum absolute atomic E-state index is 12.7. The normalized spacial score (nSPS) is 23.8. The first-order valence-electron chi connectivity index (χ1n) is 9.69. The number of rotatable bonds is 5. The number of amides is 2. The molecule has 0 radical (unpaired) electrons. The Bertz CT molecular complexity index is 643. The Kier molecular flexibility index (Phi) is 5.22. The second-order valence-electron chi connectivity index (χ2n) is 7.66. The van der Waals surface area contributed by atoms with Gasteiger partial charge in [0.1, 0.15) is 0 Å². The first-order chi connectivity index (χ1) is 12.7. The molecule has 26 heavy (non-hydrogen) atoms. The molecule has 2 heterocycles. The molecule has 3 aliphatic rings. The molecule has 6 nitrogen and oxygen atoms in total. The topological polar surface area (TPSA) is 61.9 Å². The van der Waals surface area contributed by atoms with Crippen LogP contribution in [0, 0.1) is 11.8 Å². The van der Waals surface area contributed by atoms with Crippen LogP contribution in [0.3, 0.4) is 0 Å². The molecule has 0 bridgehead atoms. The van der Waals surface area contributed by atoms with E-state index in [4.69, 9.17) is 4.74 Å². The third kappa shape index (κ3) is 4.24. The molecule has 1 aliphatic carbocycles. The molecule has 0 aromatic heterocycles. The number of carbonyl (C=O) groups excluding carboxylic acids is 2. The Morgan fingerprint density at radius 3 is 2.38 bits per heavy atom. The SMILES string of the molecule is O=C(Nc1ccc(C(=O)N2CCN(C[C@@H]3CCOC3)CC2)cc1)C1CC1. The zero-order valence-electron chi connectivity index (χ0n) is 15.2. The van der Waals surface area contributed by atoms with Crippen LogP contribution in [0.5, 0.6) is 0 Å². The molecule has 0 spiro atoms. The summed E-state index contributed by atoms with van der Waals surface area (Å²) in [7, 11) is 0. The first-order valence-corrected chi connectivity index (χ1v) is 9.69. The molecular formula is C20H27N3O3. The molecule has 2 saturated heterocycles. The highest BCUT2D eigenvalue weighted by Gasteiger charge is 2.29. The van der Waals surface area contributed by atoms with E-state index in [-0.39, 0.29) is 17.7 Å². The average Bonchev–Trinajstić information content (AvgIpc) is 3.40. The fraction of sp³-hybridized carbons (Fsp3) is 0.600. The van der Waals surface area contributed by atoms with Crippen LogP contribution in [0.4, 0.5) is 5.69 Å². The highest BCUT2D eigenvalue weighted by molar-refractivity contribution is 5.96. The summed E-state index contributed by atoms with van der Waals surface area (Å²) >= 11 is 0. The van der Waals surface area contributed by atoms with Gasteiger partial charge in [-0.1, -0.05) is 0 Å². The second kappa shape index (κ2) is 7.76. The van der Waals surface area contributed by atoms with Crippen LogP contribution in [0.25, 0.3) is 0 Å². The zero-order valence-corrected chi connectivity index (χ0v) is 15.2. The first kappa shape index (κ1) is 17.5. The van der Waals surface area contributed by atoms with Crippen LogP contribution in [-0.2, 0) is 9.53 Å². The van der Waals surface area contributed by atoms with Gasteiger partial charge in [0.2, 0.25) is 5.91 Å². The van der Waals surface area contributed by atoms with Gasteiger partial charge in [0.25, 0.3) is 5.91 Å². The Morgan fingerprint density at radius 1 is 1.04 bits per heavy atom. The van der Waals surface area contributed by atoms with E-state index in [9.17, 15) is 9.59 Å². The van der Waals surface area contributed by atoms with Crippen LogP contribution in [-0.4, -0.2) is 67.6 Å². The van der Waals surface area contributed by atoms with Crippen LogP contribution in [0.2, 0.25) is 0 Å². The lowest BCUT2D eigenvalue weighted by Gasteiger charge is -2.35. The van der Waals surface area contributed by atoms with Crippen molar-refractivity contribution in [2.24, 2.45) is 11.8 Å². The number of hydrogen-bond acceptors (Lipinski definition) is 4. The number of anilines is 1. The average molecular weight is 357 g/mol. The van der Waals surface area contributed by atoms with Crippen molar-refractivity contribution in [2.45, 2.75) is 19.3 Å². The molecule has 6 heteroatoms. The van der Waals surface area contributed by atoms with Crippen LogP contribution in [0.1, 0.15) is 29.6 Å². The molecule has 2 aliphatic heterocycles. The van der Waals surface area contributed by atoms with Gasteiger partial charge in [-0.25, -0.2) is 0 Å². The molecule has 140 valence electrons. The van der Waals surface area contributed by atoms with E-state index in [1.54, 1.807) is 0 Å². The fourth-order valence-electron chi connectivity index (χ4n) is 3.69. The van der Waals surface area contributed by atoms with Crippen molar-refractivity contribution in [3.8, 4) is 0 Å². The summed E-state index contributed by atoms with van der Waals surface area (Å²) in [5, 5.41) is 2.91. The number of nitrogens with one attached hydrogen (secondary N) is 1. The minimum Gasteiger partial charge on any atom is -0.381 e. The molecule has 4 rings (SSSR count). The number of carbonyl (C=O) groups is 2. The maximum atomic E-state index is 12.7. The quantitative estimate of drug-likeness (QED) is 0.873. The molecule has 2 amide bonds. The van der Waals surface area contributed by atoms with E-state index in [2.05, 4.69) is 10.2 Å². The Balaban J connectivity index is 1.26. The van der Waals surface area contributed by atoms with Crippen molar-refractivity contribution in [1.82, 2.24) is 9.80 Å². The van der Waals surface area contributed by atoms with Crippen molar-refractivity contribution in [3.63, 3.8) is 0 Å². The standard InChI is InChI=1S/C20H27N3O3/c24-19(16-1-2-16)21-18-5-3-17(4-6-18)20(25)23-10-8-22(9-11-23)13-15-7-12-26-14-15/h3-6,15-16H,1-2,7-14H2,(H,21,24)/t15-/m0/s1. The minimum absolute atomic E-state index is 0.0777. The lowest BCUT2D eigenvalue weighted by Crippen LogP contribution is -2.49. The zero-order chi connectivity index (χ0) is 17.9. The predicted molar refractivity (Wildman–Crippen MR) is 99.1 cm³/mol. The van der Waals surface area contributed by atoms with Gasteiger partial charge in [-0.05, 0) is 49.4 Å². The molecule has 1 aromatic rings. The molecular weight excluding hydrogens is 330 g/mol. The largest absolute Gasteiger partial charge is 0.381 e. The minimum atomic E-state index is 0.0777. The van der Waals surface area contributed by atoms with Crippen molar-refractivity contribution < 1.29 is 14.3 Å². The van der Waals surface area contributed by atoms with Gasteiger partial charge in [0.15, 0.2) is 0 Å². The van der Waals surface area contributed by atoms with Crippen LogP contribution < -0.4 is 5.32 Å². The number of nitrogens with zero attached hydrogens (tertiary/aromatic N) is 2. The molecule has 3 fully saturated rings. The maximum Gasteiger partial charge on any atom is 0.253 e. The van der Waals surface area contributed by atoms with Gasteiger partial charge >= 0.3 is 0 Å². The monoisotopic (exact) mass is 357 g/mol. The number of hydrogen-bond donors (Lipinski definition) is 1. The predicted octanol–water partition coefficient (Wildman–Crippen LogP) is 1.83. The molecule has 1 saturated carbocycles. The highest BCUT2D eigenvalue weighted by Crippen LogP contribution is 2.30. The van der Waals surface area contributed by atoms with Gasteiger partial charge in [-0.15, -0.1) is 0 Å². The highest BCUT2D eigenvalue weighted by atomic mass is 16.5. The number of benzene rings is 1. The van der Waals surface area contributed by atoms with Crippen LogP contribution in [0.15, 0.2) is 24.3 Å². The van der Waals surface area contributed by atoms with Crippen molar-refractivity contribution >= 4 is 17.5 Å². The van der Waals surface area contributed by atoms with Crippen molar-refractivity contribution in [2.75, 3.05) is 51.3 Å². The van der Waals surface area contributed by atoms with Crippen molar-refractivity contribution in [3.05, 3.63) is 29.8 Å². The molecule has 1 atom stereocenters. The number of piperazine rings is 1.